The van der Waals surface area contributed by atoms with Gasteiger partial charge in [-0.15, -0.1) is 0 Å². The van der Waals surface area contributed by atoms with Crippen LogP contribution in [0.4, 0.5) is 0 Å². The quantitative estimate of drug-likeness (QED) is 0.356. The Kier molecular flexibility index (Phi) is 6.06. The van der Waals surface area contributed by atoms with Gasteiger partial charge in [0, 0.05) is 6.54 Å². The molecule has 0 bridgehead atoms. The fourth-order valence-corrected chi connectivity index (χ4v) is 2.15. The van der Waals surface area contributed by atoms with Crippen LogP contribution in [-0.4, -0.2) is 75.4 Å². The molecule has 4 unspecified atom stereocenters. The molecule has 0 aromatic heterocycles. The van der Waals surface area contributed by atoms with Gasteiger partial charge in [0.05, 0.1) is 12.7 Å². The fraction of sp³-hybridized carbons (Fsp3) is 0.750. The minimum absolute atomic E-state index is 0.314. The molecule has 0 spiro atoms. The molecule has 0 radical (unpaired) electrons. The van der Waals surface area contributed by atoms with Gasteiger partial charge < -0.3 is 31.3 Å². The number of aliphatic carboxylic acids is 1. The van der Waals surface area contributed by atoms with Gasteiger partial charge in [0.15, 0.2) is 0 Å². The lowest BCUT2D eigenvalue weighted by molar-refractivity contribution is -0.145. The Morgan fingerprint density at radius 1 is 1.43 bits per heavy atom. The number of nitrogens with one attached hydrogen (secondary N) is 1. The Morgan fingerprint density at radius 3 is 2.52 bits per heavy atom. The molecule has 1 aliphatic rings. The molecule has 0 saturated carbocycles. The van der Waals surface area contributed by atoms with E-state index in [0.29, 0.717) is 19.4 Å². The van der Waals surface area contributed by atoms with Crippen molar-refractivity contribution in [2.24, 2.45) is 5.73 Å². The van der Waals surface area contributed by atoms with Crippen LogP contribution in [0.3, 0.4) is 0 Å². The summed E-state index contributed by atoms with van der Waals surface area (Å²) in [6.07, 6.45) is -0.0965. The number of carboxylic acid groups (broad SMARTS) is 1. The number of carboxylic acids is 1. The maximum atomic E-state index is 12.1. The maximum Gasteiger partial charge on any atom is 0.328 e. The van der Waals surface area contributed by atoms with Crippen LogP contribution >= 0.6 is 0 Å². The smallest absolute Gasteiger partial charge is 0.328 e. The standard InChI is InChI=1S/C12H21N3O6/c1-6(17)9(13)11(19)15-4-2-3-8(15)10(18)14-7(5-16)12(20)21/h6-9,16-17H,2-5,13H2,1H3,(H,14,18)(H,20,21). The first-order valence-electron chi connectivity index (χ1n) is 6.67. The number of aliphatic hydroxyl groups is 2. The molecular formula is C12H21N3O6. The first-order chi connectivity index (χ1) is 9.79. The zero-order valence-corrected chi connectivity index (χ0v) is 11.7. The van der Waals surface area contributed by atoms with Crippen LogP contribution in [0.1, 0.15) is 19.8 Å². The number of nitrogens with zero attached hydrogens (tertiary/aromatic N) is 1. The zero-order valence-electron chi connectivity index (χ0n) is 11.7. The van der Waals surface area contributed by atoms with Crippen LogP contribution in [0.15, 0.2) is 0 Å². The number of nitrogens with two attached hydrogens (primary N) is 1. The van der Waals surface area contributed by atoms with Crippen molar-refractivity contribution in [3.8, 4) is 0 Å². The highest BCUT2D eigenvalue weighted by molar-refractivity contribution is 5.92. The largest absolute Gasteiger partial charge is 0.480 e. The number of hydrogen-bond acceptors (Lipinski definition) is 6. The number of hydrogen-bond donors (Lipinski definition) is 5. The second-order valence-corrected chi connectivity index (χ2v) is 5.04. The van der Waals surface area contributed by atoms with Crippen molar-refractivity contribution >= 4 is 17.8 Å². The monoisotopic (exact) mass is 303 g/mol. The summed E-state index contributed by atoms with van der Waals surface area (Å²) in [5, 5.41) is 29.2. The van der Waals surface area contributed by atoms with E-state index in [9.17, 15) is 19.5 Å². The average molecular weight is 303 g/mol. The number of carbonyl (C=O) groups is 3. The van der Waals surface area contributed by atoms with Crippen molar-refractivity contribution in [3.05, 3.63) is 0 Å². The van der Waals surface area contributed by atoms with Gasteiger partial charge in [-0.25, -0.2) is 4.79 Å². The lowest BCUT2D eigenvalue weighted by atomic mass is 10.1. The number of carbonyl (C=O) groups excluding carboxylic acids is 2. The topological polar surface area (TPSA) is 153 Å². The number of aliphatic hydroxyl groups excluding tert-OH is 2. The van der Waals surface area contributed by atoms with Crippen LogP contribution < -0.4 is 11.1 Å². The number of rotatable bonds is 6. The van der Waals surface area contributed by atoms with E-state index in [1.54, 1.807) is 0 Å². The first-order valence-corrected chi connectivity index (χ1v) is 6.67. The van der Waals surface area contributed by atoms with E-state index in [0.717, 1.165) is 0 Å². The summed E-state index contributed by atoms with van der Waals surface area (Å²) in [5.41, 5.74) is 5.57. The molecule has 1 fully saturated rings. The SMILES string of the molecule is CC(O)C(N)C(=O)N1CCCC1C(=O)NC(CO)C(=O)O. The minimum atomic E-state index is -1.42. The third kappa shape index (κ3) is 4.13. The van der Waals surface area contributed by atoms with E-state index in [-0.39, 0.29) is 0 Å². The Bertz CT molecular complexity index is 414. The van der Waals surface area contributed by atoms with Gasteiger partial charge in [-0.05, 0) is 19.8 Å². The highest BCUT2D eigenvalue weighted by Crippen LogP contribution is 2.19. The third-order valence-corrected chi connectivity index (χ3v) is 3.44. The van der Waals surface area contributed by atoms with Crippen molar-refractivity contribution in [2.75, 3.05) is 13.2 Å². The summed E-state index contributed by atoms with van der Waals surface area (Å²) in [6, 6.07) is -3.39. The molecule has 0 aromatic rings. The van der Waals surface area contributed by atoms with Crippen LogP contribution in [0.2, 0.25) is 0 Å². The van der Waals surface area contributed by atoms with Gasteiger partial charge in [0.2, 0.25) is 11.8 Å². The second kappa shape index (κ2) is 7.34. The molecule has 6 N–H and O–H groups in total. The molecule has 1 rings (SSSR count). The molecule has 9 nitrogen and oxygen atoms in total. The third-order valence-electron chi connectivity index (χ3n) is 3.44. The Morgan fingerprint density at radius 2 is 2.05 bits per heavy atom. The van der Waals surface area contributed by atoms with E-state index in [2.05, 4.69) is 5.32 Å². The van der Waals surface area contributed by atoms with Crippen molar-refractivity contribution in [2.45, 2.75) is 44.0 Å². The molecule has 2 amide bonds. The van der Waals surface area contributed by atoms with Gasteiger partial charge in [-0.3, -0.25) is 9.59 Å². The molecule has 120 valence electrons. The number of amides is 2. The van der Waals surface area contributed by atoms with E-state index < -0.39 is 48.6 Å². The average Bonchev–Trinajstić information content (AvgIpc) is 2.91. The summed E-state index contributed by atoms with van der Waals surface area (Å²) >= 11 is 0. The predicted octanol–water partition coefficient (Wildman–Crippen LogP) is -2.75. The highest BCUT2D eigenvalue weighted by atomic mass is 16.4. The van der Waals surface area contributed by atoms with E-state index in [1.165, 1.54) is 11.8 Å². The Labute approximate surface area is 121 Å². The van der Waals surface area contributed by atoms with Crippen LogP contribution in [0.25, 0.3) is 0 Å². The van der Waals surface area contributed by atoms with Crippen molar-refractivity contribution in [3.63, 3.8) is 0 Å². The van der Waals surface area contributed by atoms with E-state index >= 15 is 0 Å². The summed E-state index contributed by atoms with van der Waals surface area (Å²) in [5.74, 6) is -2.57. The summed E-state index contributed by atoms with van der Waals surface area (Å²) in [6.45, 7) is 0.947. The van der Waals surface area contributed by atoms with Crippen molar-refractivity contribution in [1.29, 1.82) is 0 Å². The predicted molar refractivity (Wildman–Crippen MR) is 71.0 cm³/mol. The summed E-state index contributed by atoms with van der Waals surface area (Å²) in [7, 11) is 0. The van der Waals surface area contributed by atoms with E-state index in [4.69, 9.17) is 15.9 Å². The fourth-order valence-electron chi connectivity index (χ4n) is 2.15. The lowest BCUT2D eigenvalue weighted by Gasteiger charge is -2.28. The zero-order chi connectivity index (χ0) is 16.2. The molecule has 0 aromatic carbocycles. The van der Waals surface area contributed by atoms with Crippen molar-refractivity contribution < 1.29 is 29.7 Å². The minimum Gasteiger partial charge on any atom is -0.480 e. The Balaban J connectivity index is 2.75. The first kappa shape index (κ1) is 17.3. The van der Waals surface area contributed by atoms with Gasteiger partial charge in [-0.2, -0.15) is 0 Å². The lowest BCUT2D eigenvalue weighted by Crippen LogP contribution is -2.56. The number of likely N-dealkylation sites (tertiary alicyclic amines) is 1. The molecular weight excluding hydrogens is 282 g/mol. The van der Waals surface area contributed by atoms with Crippen LogP contribution in [0, 0.1) is 0 Å². The highest BCUT2D eigenvalue weighted by Gasteiger charge is 2.38. The molecule has 1 heterocycles. The van der Waals surface area contributed by atoms with Crippen LogP contribution in [0.5, 0.6) is 0 Å². The van der Waals surface area contributed by atoms with E-state index in [1.807, 2.05) is 0 Å². The summed E-state index contributed by atoms with van der Waals surface area (Å²) in [4.78, 5) is 36.2. The summed E-state index contributed by atoms with van der Waals surface area (Å²) < 4.78 is 0. The molecule has 0 aliphatic carbocycles. The second-order valence-electron chi connectivity index (χ2n) is 5.04. The molecule has 1 saturated heterocycles. The van der Waals surface area contributed by atoms with Gasteiger partial charge in [0.1, 0.15) is 18.1 Å². The van der Waals surface area contributed by atoms with Gasteiger partial charge >= 0.3 is 5.97 Å². The Hall–Kier alpha value is -1.71. The maximum absolute atomic E-state index is 12.1. The molecule has 21 heavy (non-hydrogen) atoms. The van der Waals surface area contributed by atoms with Gasteiger partial charge in [0.25, 0.3) is 0 Å². The molecule has 4 atom stereocenters. The molecule has 1 aliphatic heterocycles. The van der Waals surface area contributed by atoms with Crippen LogP contribution in [-0.2, 0) is 14.4 Å². The molecule has 9 heteroatoms. The van der Waals surface area contributed by atoms with Gasteiger partial charge in [-0.1, -0.05) is 0 Å². The normalized spacial score (nSPS) is 22.5. The van der Waals surface area contributed by atoms with Crippen molar-refractivity contribution in [1.82, 2.24) is 10.2 Å².